The lowest BCUT2D eigenvalue weighted by atomic mass is 9.65. The number of carbonyl (C=O) groups is 1. The molecule has 0 N–H and O–H groups in total. The predicted octanol–water partition coefficient (Wildman–Crippen LogP) is 6.64. The summed E-state index contributed by atoms with van der Waals surface area (Å²) < 4.78 is 11.4. The van der Waals surface area contributed by atoms with Crippen LogP contribution in [0.2, 0.25) is 10.0 Å². The molecule has 1 aromatic heterocycles. The maximum absolute atomic E-state index is 12.1. The Hall–Kier alpha value is -2.02. The first-order valence-corrected chi connectivity index (χ1v) is 14.5. The van der Waals surface area contributed by atoms with Crippen molar-refractivity contribution in [1.82, 2.24) is 9.88 Å². The van der Waals surface area contributed by atoms with E-state index in [9.17, 15) is 4.79 Å². The monoisotopic (exact) mass is 559 g/mol. The van der Waals surface area contributed by atoms with Gasteiger partial charge in [0, 0.05) is 58.6 Å². The first-order valence-electron chi connectivity index (χ1n) is 13.7. The molecule has 2 atom stereocenters. The molecule has 3 aliphatic rings. The van der Waals surface area contributed by atoms with Crippen molar-refractivity contribution in [3.8, 4) is 5.75 Å². The molecule has 38 heavy (non-hydrogen) atoms. The van der Waals surface area contributed by atoms with Crippen LogP contribution in [0, 0.1) is 31.1 Å². The van der Waals surface area contributed by atoms with Crippen LogP contribution in [0.1, 0.15) is 62.5 Å². The summed E-state index contributed by atoms with van der Waals surface area (Å²) in [6.07, 6.45) is 4.14. The second-order valence-electron chi connectivity index (χ2n) is 11.8. The number of anilines is 1. The number of aryl methyl sites for hydroxylation is 1. The first kappa shape index (κ1) is 27.5. The quantitative estimate of drug-likeness (QED) is 0.354. The van der Waals surface area contributed by atoms with Gasteiger partial charge in [-0.3, -0.25) is 4.79 Å². The second kappa shape index (κ2) is 10.9. The Balaban J connectivity index is 1.19. The number of likely N-dealkylation sites (tertiary alicyclic amines) is 1. The number of esters is 1. The zero-order chi connectivity index (χ0) is 27.2. The van der Waals surface area contributed by atoms with Crippen molar-refractivity contribution in [1.29, 1.82) is 0 Å². The van der Waals surface area contributed by atoms with Gasteiger partial charge in [-0.05, 0) is 83.9 Å². The number of pyridine rings is 1. The van der Waals surface area contributed by atoms with Crippen LogP contribution in [-0.2, 0) is 9.53 Å². The summed E-state index contributed by atoms with van der Waals surface area (Å²) >= 11 is 12.5. The van der Waals surface area contributed by atoms with Gasteiger partial charge in [0.05, 0.1) is 12.5 Å². The molecule has 2 aliphatic heterocycles. The van der Waals surface area contributed by atoms with Crippen molar-refractivity contribution in [2.24, 2.45) is 17.3 Å². The molecule has 0 amide bonds. The fraction of sp³-hybridized carbons (Fsp3) is 0.600. The van der Waals surface area contributed by atoms with Crippen molar-refractivity contribution in [3.05, 3.63) is 51.1 Å². The molecule has 206 valence electrons. The highest BCUT2D eigenvalue weighted by Gasteiger charge is 2.50. The third-order valence-electron chi connectivity index (χ3n) is 9.12. The van der Waals surface area contributed by atoms with Crippen molar-refractivity contribution in [3.63, 3.8) is 0 Å². The fourth-order valence-electron chi connectivity index (χ4n) is 6.47. The number of carbonyl (C=O) groups excluding carboxylic acids is 1. The normalized spacial score (nSPS) is 26.9. The third-order valence-corrected chi connectivity index (χ3v) is 9.68. The number of methoxy groups -OCH3 is 1. The van der Waals surface area contributed by atoms with Gasteiger partial charge in [0.1, 0.15) is 17.7 Å². The Morgan fingerprint density at radius 3 is 2.55 bits per heavy atom. The molecule has 1 saturated carbocycles. The van der Waals surface area contributed by atoms with Crippen LogP contribution < -0.4 is 9.64 Å². The minimum atomic E-state index is -0.301. The van der Waals surface area contributed by atoms with Gasteiger partial charge in [-0.25, -0.2) is 4.98 Å². The lowest BCUT2D eigenvalue weighted by Gasteiger charge is -2.52. The van der Waals surface area contributed by atoms with Crippen LogP contribution in [-0.4, -0.2) is 55.2 Å². The predicted molar refractivity (Wildman–Crippen MR) is 152 cm³/mol. The lowest BCUT2D eigenvalue weighted by Crippen LogP contribution is -2.58. The highest BCUT2D eigenvalue weighted by Crippen LogP contribution is 2.46. The number of hydrogen-bond donors (Lipinski definition) is 0. The van der Waals surface area contributed by atoms with Crippen molar-refractivity contribution in [2.75, 3.05) is 38.2 Å². The molecule has 3 fully saturated rings. The standard InChI is InChI=1S/C30H39Cl2N3O3/c1-18-19(2)33-28(12-27(18)38-20(3)25-9-8-23(31)11-26(25)32)35-16-22(17-35)21-7-6-10-34(15-21)24-13-30(4,14-24)29(36)37-5/h8-9,11-12,20-22,24H,6-7,10,13-17H2,1-5H3/t20-,21+,24?,30?/m1/s1. The van der Waals surface area contributed by atoms with Gasteiger partial charge in [0.15, 0.2) is 0 Å². The number of benzene rings is 1. The molecule has 0 spiro atoms. The number of piperidine rings is 1. The van der Waals surface area contributed by atoms with E-state index >= 15 is 0 Å². The summed E-state index contributed by atoms with van der Waals surface area (Å²) in [6, 6.07) is 8.11. The van der Waals surface area contributed by atoms with Gasteiger partial charge in [0.25, 0.3) is 0 Å². The van der Waals surface area contributed by atoms with Gasteiger partial charge in [-0.2, -0.15) is 0 Å². The number of nitrogens with zero attached hydrogens (tertiary/aromatic N) is 3. The molecule has 1 aromatic carbocycles. The highest BCUT2D eigenvalue weighted by molar-refractivity contribution is 6.35. The molecule has 6 nitrogen and oxygen atoms in total. The van der Waals surface area contributed by atoms with Crippen LogP contribution >= 0.6 is 23.2 Å². The van der Waals surface area contributed by atoms with E-state index in [1.54, 1.807) is 6.07 Å². The summed E-state index contributed by atoms with van der Waals surface area (Å²) in [5.74, 6) is 3.13. The van der Waals surface area contributed by atoms with E-state index in [4.69, 9.17) is 37.7 Å². The van der Waals surface area contributed by atoms with Crippen LogP contribution in [0.4, 0.5) is 5.82 Å². The number of aromatic nitrogens is 1. The van der Waals surface area contributed by atoms with E-state index in [2.05, 4.69) is 22.8 Å². The topological polar surface area (TPSA) is 54.9 Å². The second-order valence-corrected chi connectivity index (χ2v) is 12.6. The number of ether oxygens (including phenoxy) is 2. The largest absolute Gasteiger partial charge is 0.485 e. The lowest BCUT2D eigenvalue weighted by molar-refractivity contribution is -0.162. The SMILES string of the molecule is COC(=O)C1(C)CC(N2CCC[C@H](C3CN(c4cc(O[C@H](C)c5ccc(Cl)cc5Cl)c(C)c(C)n4)C3)C2)C1. The van der Waals surface area contributed by atoms with Gasteiger partial charge in [-0.15, -0.1) is 0 Å². The summed E-state index contributed by atoms with van der Waals surface area (Å²) in [6.45, 7) is 12.5. The van der Waals surface area contributed by atoms with E-state index in [1.165, 1.54) is 20.0 Å². The van der Waals surface area contributed by atoms with Crippen LogP contribution in [0.5, 0.6) is 5.75 Å². The fourth-order valence-corrected chi connectivity index (χ4v) is 7.03. The molecule has 0 unspecified atom stereocenters. The summed E-state index contributed by atoms with van der Waals surface area (Å²) in [5, 5.41) is 1.22. The molecular formula is C30H39Cl2N3O3. The first-order chi connectivity index (χ1) is 18.1. The Bertz CT molecular complexity index is 1190. The van der Waals surface area contributed by atoms with Crippen LogP contribution in [0.25, 0.3) is 0 Å². The third kappa shape index (κ3) is 5.37. The highest BCUT2D eigenvalue weighted by atomic mass is 35.5. The Kier molecular flexibility index (Phi) is 7.87. The Morgan fingerprint density at radius 1 is 1.13 bits per heavy atom. The number of rotatable bonds is 7. The molecule has 2 saturated heterocycles. The van der Waals surface area contributed by atoms with Crippen molar-refractivity contribution in [2.45, 2.75) is 65.5 Å². The van der Waals surface area contributed by atoms with Crippen molar-refractivity contribution < 1.29 is 14.3 Å². The average molecular weight is 561 g/mol. The molecule has 0 bridgehead atoms. The van der Waals surface area contributed by atoms with Gasteiger partial charge >= 0.3 is 5.97 Å². The summed E-state index contributed by atoms with van der Waals surface area (Å²) in [7, 11) is 1.50. The maximum Gasteiger partial charge on any atom is 0.311 e. The van der Waals surface area contributed by atoms with E-state index in [0.717, 1.165) is 67.4 Å². The van der Waals surface area contributed by atoms with E-state index in [-0.39, 0.29) is 17.5 Å². The number of hydrogen-bond acceptors (Lipinski definition) is 6. The van der Waals surface area contributed by atoms with E-state index in [0.29, 0.717) is 27.9 Å². The molecule has 8 heteroatoms. The molecule has 5 rings (SSSR count). The van der Waals surface area contributed by atoms with Crippen LogP contribution in [0.3, 0.4) is 0 Å². The molecule has 0 radical (unpaired) electrons. The van der Waals surface area contributed by atoms with Gasteiger partial charge in [0.2, 0.25) is 0 Å². The zero-order valence-electron chi connectivity index (χ0n) is 23.1. The zero-order valence-corrected chi connectivity index (χ0v) is 24.6. The van der Waals surface area contributed by atoms with Gasteiger partial charge in [-0.1, -0.05) is 29.3 Å². The van der Waals surface area contributed by atoms with Crippen molar-refractivity contribution >= 4 is 35.0 Å². The minimum absolute atomic E-state index is 0.0631. The average Bonchev–Trinajstić information content (AvgIpc) is 2.83. The molecule has 2 aromatic rings. The van der Waals surface area contributed by atoms with Crippen LogP contribution in [0.15, 0.2) is 24.3 Å². The van der Waals surface area contributed by atoms with E-state index in [1.807, 2.05) is 32.9 Å². The summed E-state index contributed by atoms with van der Waals surface area (Å²) in [5.41, 5.74) is 2.64. The molecular weight excluding hydrogens is 521 g/mol. The molecule has 3 heterocycles. The number of halogens is 2. The Morgan fingerprint density at radius 2 is 1.87 bits per heavy atom. The maximum atomic E-state index is 12.1. The minimum Gasteiger partial charge on any atom is -0.485 e. The smallest absolute Gasteiger partial charge is 0.311 e. The summed E-state index contributed by atoms with van der Waals surface area (Å²) in [4.78, 5) is 22.0. The van der Waals surface area contributed by atoms with Gasteiger partial charge < -0.3 is 19.3 Å². The van der Waals surface area contributed by atoms with E-state index < -0.39 is 0 Å². The molecule has 1 aliphatic carbocycles. The Labute approximate surface area is 236 Å².